The smallest absolute Gasteiger partial charge is 0.127 e. The number of pyridine rings is 1. The summed E-state index contributed by atoms with van der Waals surface area (Å²) >= 11 is 0. The molecule has 1 aliphatic rings. The second-order valence-corrected chi connectivity index (χ2v) is 6.21. The maximum Gasteiger partial charge on any atom is 0.127 e. The third-order valence-electron chi connectivity index (χ3n) is 4.16. The lowest BCUT2D eigenvalue weighted by Crippen LogP contribution is -2.40. The fourth-order valence-corrected chi connectivity index (χ4v) is 3.38. The molecule has 2 atom stereocenters. The van der Waals surface area contributed by atoms with E-state index in [0.29, 0.717) is 5.92 Å². The first-order valence-corrected chi connectivity index (χ1v) is 7.17. The molecular formula is C16H24N2O. The molecule has 2 rings (SSSR count). The van der Waals surface area contributed by atoms with Crippen LogP contribution in [0.3, 0.4) is 0 Å². The van der Waals surface area contributed by atoms with E-state index >= 15 is 0 Å². The highest BCUT2D eigenvalue weighted by Gasteiger charge is 2.35. The molecule has 0 N–H and O–H groups in total. The second kappa shape index (κ2) is 6.29. The van der Waals surface area contributed by atoms with Crippen molar-refractivity contribution in [3.8, 4) is 0 Å². The van der Waals surface area contributed by atoms with Crippen LogP contribution in [0.25, 0.3) is 0 Å². The summed E-state index contributed by atoms with van der Waals surface area (Å²) in [4.78, 5) is 17.9. The van der Waals surface area contributed by atoms with Crippen LogP contribution in [-0.4, -0.2) is 29.8 Å². The van der Waals surface area contributed by atoms with Crippen LogP contribution in [0, 0.1) is 11.3 Å². The van der Waals surface area contributed by atoms with Gasteiger partial charge in [-0.05, 0) is 43.5 Å². The van der Waals surface area contributed by atoms with E-state index in [1.807, 2.05) is 24.5 Å². The average Bonchev–Trinajstić information content (AvgIpc) is 2.39. The summed E-state index contributed by atoms with van der Waals surface area (Å²) in [5.41, 5.74) is 1.13. The summed E-state index contributed by atoms with van der Waals surface area (Å²) in [5.74, 6) is 0.674. The van der Waals surface area contributed by atoms with Crippen molar-refractivity contribution >= 4 is 6.29 Å². The highest BCUT2D eigenvalue weighted by Crippen LogP contribution is 2.38. The van der Waals surface area contributed by atoms with Crippen molar-refractivity contribution in [2.45, 2.75) is 39.2 Å². The van der Waals surface area contributed by atoms with Gasteiger partial charge in [-0.3, -0.25) is 4.98 Å². The van der Waals surface area contributed by atoms with Crippen LogP contribution < -0.4 is 0 Å². The van der Waals surface area contributed by atoms with E-state index in [9.17, 15) is 4.79 Å². The van der Waals surface area contributed by atoms with E-state index < -0.39 is 0 Å². The van der Waals surface area contributed by atoms with Gasteiger partial charge in [0.15, 0.2) is 0 Å². The Hall–Kier alpha value is -1.22. The van der Waals surface area contributed by atoms with Gasteiger partial charge < -0.3 is 9.69 Å². The first-order valence-electron chi connectivity index (χ1n) is 7.17. The number of carbonyl (C=O) groups is 1. The van der Waals surface area contributed by atoms with Crippen molar-refractivity contribution in [1.29, 1.82) is 0 Å². The van der Waals surface area contributed by atoms with Gasteiger partial charge in [0, 0.05) is 30.9 Å². The molecule has 1 aromatic rings. The standard InChI is InChI=1S/C16H24N2O/c1-14-4-3-7-16(10-14,13-19)12-18(2)11-15-5-8-17-9-6-15/h5-6,8-9,13-14H,3-4,7,10-12H2,1-2H3. The zero-order valence-electron chi connectivity index (χ0n) is 12.0. The molecule has 1 heterocycles. The van der Waals surface area contributed by atoms with E-state index in [2.05, 4.69) is 23.9 Å². The molecular weight excluding hydrogens is 236 g/mol. The largest absolute Gasteiger partial charge is 0.303 e. The molecule has 0 bridgehead atoms. The molecule has 3 heteroatoms. The van der Waals surface area contributed by atoms with Gasteiger partial charge in [-0.15, -0.1) is 0 Å². The lowest BCUT2D eigenvalue weighted by molar-refractivity contribution is -0.119. The summed E-state index contributed by atoms with van der Waals surface area (Å²) in [6, 6.07) is 4.07. The van der Waals surface area contributed by atoms with E-state index in [-0.39, 0.29) is 5.41 Å². The number of hydrogen-bond acceptors (Lipinski definition) is 3. The van der Waals surface area contributed by atoms with Crippen molar-refractivity contribution in [2.75, 3.05) is 13.6 Å². The molecule has 0 amide bonds. The Labute approximate surface area is 116 Å². The predicted molar refractivity (Wildman–Crippen MR) is 76.7 cm³/mol. The van der Waals surface area contributed by atoms with Crippen LogP contribution >= 0.6 is 0 Å². The third kappa shape index (κ3) is 3.87. The van der Waals surface area contributed by atoms with Gasteiger partial charge in [0.1, 0.15) is 6.29 Å². The first-order chi connectivity index (χ1) is 9.13. The van der Waals surface area contributed by atoms with E-state index in [0.717, 1.165) is 25.9 Å². The SMILES string of the molecule is CC1CCCC(C=O)(CN(C)Cc2ccncc2)C1. The fraction of sp³-hybridized carbons (Fsp3) is 0.625. The first kappa shape index (κ1) is 14.2. The lowest BCUT2D eigenvalue weighted by atomic mass is 9.71. The molecule has 0 saturated heterocycles. The van der Waals surface area contributed by atoms with Gasteiger partial charge in [-0.1, -0.05) is 19.8 Å². The van der Waals surface area contributed by atoms with Gasteiger partial charge in [0.2, 0.25) is 0 Å². The maximum absolute atomic E-state index is 11.6. The number of hydrogen-bond donors (Lipinski definition) is 0. The Kier molecular flexibility index (Phi) is 4.70. The van der Waals surface area contributed by atoms with Crippen LogP contribution in [-0.2, 0) is 11.3 Å². The summed E-state index contributed by atoms with van der Waals surface area (Å²) < 4.78 is 0. The van der Waals surface area contributed by atoms with Gasteiger partial charge in [-0.2, -0.15) is 0 Å². The van der Waals surface area contributed by atoms with Gasteiger partial charge in [-0.25, -0.2) is 0 Å². The normalized spacial score (nSPS) is 27.4. The van der Waals surface area contributed by atoms with Crippen LogP contribution in [0.15, 0.2) is 24.5 Å². The molecule has 19 heavy (non-hydrogen) atoms. The molecule has 3 nitrogen and oxygen atoms in total. The molecule has 0 radical (unpaired) electrons. The van der Waals surface area contributed by atoms with Gasteiger partial charge in [0.25, 0.3) is 0 Å². The summed E-state index contributed by atoms with van der Waals surface area (Å²) in [7, 11) is 2.10. The quantitative estimate of drug-likeness (QED) is 0.763. The number of aromatic nitrogens is 1. The van der Waals surface area contributed by atoms with E-state index in [4.69, 9.17) is 0 Å². The fourth-order valence-electron chi connectivity index (χ4n) is 3.38. The Morgan fingerprint density at radius 1 is 1.47 bits per heavy atom. The predicted octanol–water partition coefficient (Wildman–Crippen LogP) is 2.91. The number of aldehydes is 1. The van der Waals surface area contributed by atoms with Crippen LogP contribution in [0.5, 0.6) is 0 Å². The van der Waals surface area contributed by atoms with Crippen molar-refractivity contribution in [1.82, 2.24) is 9.88 Å². The highest BCUT2D eigenvalue weighted by atomic mass is 16.1. The van der Waals surface area contributed by atoms with Crippen LogP contribution in [0.4, 0.5) is 0 Å². The zero-order chi connectivity index (χ0) is 13.7. The minimum atomic E-state index is -0.126. The van der Waals surface area contributed by atoms with Crippen molar-refractivity contribution in [3.05, 3.63) is 30.1 Å². The number of rotatable bonds is 5. The highest BCUT2D eigenvalue weighted by molar-refractivity contribution is 5.60. The Morgan fingerprint density at radius 2 is 2.21 bits per heavy atom. The number of nitrogens with zero attached hydrogens (tertiary/aromatic N) is 2. The zero-order valence-corrected chi connectivity index (χ0v) is 12.0. The lowest BCUT2D eigenvalue weighted by Gasteiger charge is -2.38. The molecule has 1 aliphatic carbocycles. The Bertz CT molecular complexity index is 406. The molecule has 1 saturated carbocycles. The summed E-state index contributed by atoms with van der Waals surface area (Å²) in [6.07, 6.45) is 9.39. The van der Waals surface area contributed by atoms with Gasteiger partial charge in [0.05, 0.1) is 0 Å². The minimum absolute atomic E-state index is 0.126. The Balaban J connectivity index is 1.96. The van der Waals surface area contributed by atoms with Gasteiger partial charge >= 0.3 is 0 Å². The number of carbonyl (C=O) groups excluding carboxylic acids is 1. The molecule has 1 aromatic heterocycles. The van der Waals surface area contributed by atoms with E-state index in [1.54, 1.807) is 0 Å². The molecule has 104 valence electrons. The van der Waals surface area contributed by atoms with Crippen LogP contribution in [0.1, 0.15) is 38.2 Å². The Morgan fingerprint density at radius 3 is 2.84 bits per heavy atom. The molecule has 2 unspecified atom stereocenters. The van der Waals surface area contributed by atoms with Crippen molar-refractivity contribution in [2.24, 2.45) is 11.3 Å². The monoisotopic (exact) mass is 260 g/mol. The maximum atomic E-state index is 11.6. The van der Waals surface area contributed by atoms with E-state index in [1.165, 1.54) is 24.7 Å². The summed E-state index contributed by atoms with van der Waals surface area (Å²) in [5, 5.41) is 0. The molecule has 0 aromatic carbocycles. The molecule has 0 aliphatic heterocycles. The second-order valence-electron chi connectivity index (χ2n) is 6.21. The average molecular weight is 260 g/mol. The van der Waals surface area contributed by atoms with Crippen molar-refractivity contribution in [3.63, 3.8) is 0 Å². The topological polar surface area (TPSA) is 33.2 Å². The van der Waals surface area contributed by atoms with Crippen LogP contribution in [0.2, 0.25) is 0 Å². The minimum Gasteiger partial charge on any atom is -0.303 e. The molecule has 0 spiro atoms. The summed E-state index contributed by atoms with van der Waals surface area (Å²) in [6.45, 7) is 4.01. The van der Waals surface area contributed by atoms with Crippen molar-refractivity contribution < 1.29 is 4.79 Å². The molecule has 1 fully saturated rings. The third-order valence-corrected chi connectivity index (χ3v) is 4.16.